The number of halogens is 3. The second-order valence-corrected chi connectivity index (χ2v) is 11.6. The topological polar surface area (TPSA) is 49.4 Å². The molecular formula is C27H23F3NO3PS+. The lowest BCUT2D eigenvalue weighted by Crippen LogP contribution is -2.38. The third-order valence-electron chi connectivity index (χ3n) is 5.30. The van der Waals surface area contributed by atoms with Crippen molar-refractivity contribution in [2.75, 3.05) is 0 Å². The normalized spacial score (nSPS) is 13.6. The Hall–Kier alpha value is -2.87. The van der Waals surface area contributed by atoms with Gasteiger partial charge in [0.05, 0.1) is 17.6 Å². The van der Waals surface area contributed by atoms with Gasteiger partial charge in [-0.05, 0) is 43.5 Å². The second-order valence-electron chi connectivity index (χ2n) is 7.89. The quantitative estimate of drug-likeness (QED) is 0.160. The monoisotopic (exact) mass is 529 g/mol. The molecule has 4 nitrogen and oxygen atoms in total. The van der Waals surface area contributed by atoms with Crippen molar-refractivity contribution in [3.8, 4) is 0 Å². The Morgan fingerprint density at radius 1 is 0.694 bits per heavy atom. The summed E-state index contributed by atoms with van der Waals surface area (Å²) in [6.07, 6.45) is 0. The molecule has 0 fully saturated rings. The third-order valence-corrected chi connectivity index (χ3v) is 8.82. The van der Waals surface area contributed by atoms with Gasteiger partial charge in [0.15, 0.2) is 0 Å². The van der Waals surface area contributed by atoms with E-state index in [0.29, 0.717) is 11.1 Å². The lowest BCUT2D eigenvalue weighted by Gasteiger charge is -2.25. The van der Waals surface area contributed by atoms with Crippen LogP contribution in [0.1, 0.15) is 11.1 Å². The highest BCUT2D eigenvalue weighted by Crippen LogP contribution is 2.35. The zero-order valence-electron chi connectivity index (χ0n) is 19.0. The van der Waals surface area contributed by atoms with Crippen molar-refractivity contribution in [1.29, 1.82) is 0 Å². The fourth-order valence-corrected chi connectivity index (χ4v) is 6.64. The molecule has 0 saturated carbocycles. The van der Waals surface area contributed by atoms with Gasteiger partial charge in [-0.2, -0.15) is 0 Å². The van der Waals surface area contributed by atoms with Crippen LogP contribution in [0.5, 0.6) is 0 Å². The average Bonchev–Trinajstić information content (AvgIpc) is 2.86. The molecule has 1 atom stereocenters. The molecule has 0 saturated heterocycles. The van der Waals surface area contributed by atoms with Gasteiger partial charge in [-0.1, -0.05) is 115 Å². The van der Waals surface area contributed by atoms with E-state index in [0.717, 1.165) is 21.0 Å². The molecule has 0 spiro atoms. The van der Waals surface area contributed by atoms with Gasteiger partial charge in [-0.25, -0.2) is 0 Å². The Labute approximate surface area is 210 Å². The van der Waals surface area contributed by atoms with E-state index in [2.05, 4.69) is 4.28 Å². The Balaban J connectivity index is 1.75. The Morgan fingerprint density at radius 2 is 1.17 bits per heavy atom. The number of rotatable bonds is 9. The van der Waals surface area contributed by atoms with Crippen molar-refractivity contribution >= 4 is 34.3 Å². The van der Waals surface area contributed by atoms with E-state index in [-0.39, 0.29) is 13.1 Å². The fourth-order valence-electron chi connectivity index (χ4n) is 3.71. The molecule has 4 aromatic carbocycles. The first-order valence-corrected chi connectivity index (χ1v) is 13.8. The van der Waals surface area contributed by atoms with Gasteiger partial charge in [0, 0.05) is 0 Å². The van der Waals surface area contributed by atoms with Crippen molar-refractivity contribution in [1.82, 2.24) is 5.06 Å². The molecule has 0 aromatic heterocycles. The van der Waals surface area contributed by atoms with Crippen LogP contribution in [0.15, 0.2) is 115 Å². The number of hydrogen-bond donors (Lipinski definition) is 0. The second kappa shape index (κ2) is 11.5. The summed E-state index contributed by atoms with van der Waals surface area (Å²) in [6.45, 7) is -0.321. The molecule has 0 aliphatic heterocycles. The lowest BCUT2D eigenvalue weighted by molar-refractivity contribution is -0.126. The van der Waals surface area contributed by atoms with Gasteiger partial charge < -0.3 is 0 Å². The van der Waals surface area contributed by atoms with E-state index >= 15 is 0 Å². The average molecular weight is 530 g/mol. The number of benzene rings is 4. The summed E-state index contributed by atoms with van der Waals surface area (Å²) in [5.74, 6) is 0. The van der Waals surface area contributed by atoms with Gasteiger partial charge >= 0.3 is 16.0 Å². The molecule has 0 N–H and O–H groups in total. The van der Waals surface area contributed by atoms with E-state index in [9.17, 15) is 21.9 Å². The van der Waals surface area contributed by atoms with Crippen molar-refractivity contribution in [3.63, 3.8) is 0 Å². The van der Waals surface area contributed by atoms with Gasteiger partial charge in [-0.15, -0.1) is 18.2 Å². The summed E-state index contributed by atoms with van der Waals surface area (Å²) in [5, 5.41) is 3.87. The Morgan fingerprint density at radius 3 is 1.69 bits per heavy atom. The van der Waals surface area contributed by atoms with Gasteiger partial charge in [0.2, 0.25) is 0 Å². The first kappa shape index (κ1) is 26.2. The summed E-state index contributed by atoms with van der Waals surface area (Å²) in [5.41, 5.74) is -4.26. The predicted octanol–water partition coefficient (Wildman–Crippen LogP) is 5.66. The zero-order valence-corrected chi connectivity index (χ0v) is 20.8. The molecule has 4 aromatic rings. The van der Waals surface area contributed by atoms with E-state index in [1.165, 1.54) is 0 Å². The first-order chi connectivity index (χ1) is 17.2. The summed E-state index contributed by atoms with van der Waals surface area (Å²) in [4.78, 5) is 0. The molecule has 0 bridgehead atoms. The highest BCUT2D eigenvalue weighted by atomic mass is 32.3. The number of nitrogens with zero attached hydrogens (tertiary/aromatic N) is 1. The Bertz CT molecular complexity index is 1270. The minimum absolute atomic E-state index is 0.154. The number of hydrogen-bond acceptors (Lipinski definition) is 3. The summed E-state index contributed by atoms with van der Waals surface area (Å²) in [6, 6.07) is 35.7. The molecule has 9 heteroatoms. The molecule has 0 heterocycles. The molecule has 1 radical (unpaired) electrons. The van der Waals surface area contributed by atoms with Crippen LogP contribution < -0.4 is 15.9 Å². The van der Waals surface area contributed by atoms with E-state index < -0.39 is 23.9 Å². The maximum atomic E-state index is 13.2. The SMILES string of the molecule is [O][S+](=O)(ON(Cc1ccccc1)Cc1ccccc1P(c1ccccc1)c1ccccc1)C(F)(F)F. The molecule has 0 aliphatic rings. The largest absolute Gasteiger partial charge is 0.646 e. The summed E-state index contributed by atoms with van der Waals surface area (Å²) < 4.78 is 68.0. The molecule has 0 amide bonds. The molecule has 1 unspecified atom stereocenters. The molecule has 0 aliphatic carbocycles. The first-order valence-electron chi connectivity index (χ1n) is 11.0. The van der Waals surface area contributed by atoms with Crippen LogP contribution in [-0.4, -0.2) is 10.6 Å². The van der Waals surface area contributed by atoms with Crippen molar-refractivity contribution < 1.29 is 26.2 Å². The van der Waals surface area contributed by atoms with Crippen LogP contribution >= 0.6 is 7.92 Å². The molecule has 4 rings (SSSR count). The van der Waals surface area contributed by atoms with Crippen LogP contribution in [0.2, 0.25) is 0 Å². The predicted molar refractivity (Wildman–Crippen MR) is 137 cm³/mol. The lowest BCUT2D eigenvalue weighted by atomic mass is 10.2. The highest BCUT2D eigenvalue weighted by Gasteiger charge is 2.66. The van der Waals surface area contributed by atoms with Crippen LogP contribution in [0, 0.1) is 0 Å². The van der Waals surface area contributed by atoms with E-state index in [4.69, 9.17) is 0 Å². The molecule has 185 valence electrons. The van der Waals surface area contributed by atoms with Crippen molar-refractivity contribution in [3.05, 3.63) is 126 Å². The maximum Gasteiger partial charge on any atom is 0.646 e. The van der Waals surface area contributed by atoms with Crippen LogP contribution in [0.25, 0.3) is 0 Å². The van der Waals surface area contributed by atoms with Gasteiger partial charge in [-0.3, -0.25) is 0 Å². The number of alkyl halides is 3. The van der Waals surface area contributed by atoms with Crippen LogP contribution in [-0.2, 0) is 36.6 Å². The van der Waals surface area contributed by atoms with Gasteiger partial charge in [0.25, 0.3) is 0 Å². The van der Waals surface area contributed by atoms with Crippen LogP contribution in [0.4, 0.5) is 13.2 Å². The maximum absolute atomic E-state index is 13.2. The van der Waals surface area contributed by atoms with Crippen molar-refractivity contribution in [2.45, 2.75) is 18.6 Å². The smallest absolute Gasteiger partial charge is 0.126 e. The Kier molecular flexibility index (Phi) is 8.34. The molecule has 36 heavy (non-hydrogen) atoms. The number of hydroxylamine groups is 2. The highest BCUT2D eigenvalue weighted by molar-refractivity contribution is 7.93. The zero-order chi connectivity index (χ0) is 25.6. The minimum Gasteiger partial charge on any atom is -0.126 e. The standard InChI is InChI=1S/C27H23F3NO3PS/c28-27(29,30)36(32,33)34-31(20-22-12-4-1-5-13-22)21-23-14-10-11-19-26(23)35(24-15-6-2-7-16-24)25-17-8-3-9-18-25/h1-19H,20-21H2/q+1. The summed E-state index contributed by atoms with van der Waals surface area (Å²) in [7, 11) is -6.91. The van der Waals surface area contributed by atoms with E-state index in [1.807, 2.05) is 72.8 Å². The minimum atomic E-state index is -5.84. The van der Waals surface area contributed by atoms with Crippen LogP contribution in [0.3, 0.4) is 0 Å². The van der Waals surface area contributed by atoms with Gasteiger partial charge in [0.1, 0.15) is 0 Å². The van der Waals surface area contributed by atoms with Crippen molar-refractivity contribution in [2.24, 2.45) is 0 Å². The molecular weight excluding hydrogens is 506 g/mol. The third kappa shape index (κ3) is 6.46. The summed E-state index contributed by atoms with van der Waals surface area (Å²) >= 11 is 0. The van der Waals surface area contributed by atoms with E-state index in [1.54, 1.807) is 42.5 Å². The fraction of sp³-hybridized carbons (Fsp3) is 0.111.